The number of amides is 1. The monoisotopic (exact) mass is 400 g/mol. The topological polar surface area (TPSA) is 67.4 Å². The lowest BCUT2D eigenvalue weighted by Gasteiger charge is -2.28. The van der Waals surface area contributed by atoms with Crippen molar-refractivity contribution in [1.82, 2.24) is 9.97 Å². The fourth-order valence-corrected chi connectivity index (χ4v) is 4.47. The highest BCUT2D eigenvalue weighted by Gasteiger charge is 2.24. The van der Waals surface area contributed by atoms with E-state index in [-0.39, 0.29) is 11.7 Å². The molecular formula is C20H21FN4O2S. The Hall–Kier alpha value is -2.58. The zero-order chi connectivity index (χ0) is 19.8. The molecule has 1 aliphatic rings. The van der Waals surface area contributed by atoms with Gasteiger partial charge in [0.1, 0.15) is 22.3 Å². The second kappa shape index (κ2) is 7.44. The van der Waals surface area contributed by atoms with Gasteiger partial charge >= 0.3 is 0 Å². The first kappa shape index (κ1) is 18.8. The molecule has 1 aromatic carbocycles. The molecular weight excluding hydrogens is 379 g/mol. The van der Waals surface area contributed by atoms with Crippen molar-refractivity contribution in [2.75, 3.05) is 36.5 Å². The van der Waals surface area contributed by atoms with Crippen molar-refractivity contribution in [2.45, 2.75) is 20.8 Å². The average molecular weight is 400 g/mol. The van der Waals surface area contributed by atoms with Gasteiger partial charge < -0.3 is 15.0 Å². The molecule has 1 N–H and O–H groups in total. The summed E-state index contributed by atoms with van der Waals surface area (Å²) in [7, 11) is 0. The van der Waals surface area contributed by atoms with Crippen molar-refractivity contribution < 1.29 is 13.9 Å². The Kier molecular flexibility index (Phi) is 4.99. The highest BCUT2D eigenvalue weighted by molar-refractivity contribution is 7.20. The van der Waals surface area contributed by atoms with Gasteiger partial charge in [0.25, 0.3) is 5.91 Å². The second-order valence-corrected chi connectivity index (χ2v) is 7.84. The van der Waals surface area contributed by atoms with Gasteiger partial charge in [0, 0.05) is 18.8 Å². The molecule has 3 aromatic rings. The van der Waals surface area contributed by atoms with Crippen molar-refractivity contribution in [3.05, 3.63) is 45.8 Å². The van der Waals surface area contributed by atoms with Crippen LogP contribution in [0.15, 0.2) is 18.2 Å². The number of ether oxygens (including phenoxy) is 1. The standard InChI is InChI=1S/C20H21FN4O2S/c1-11-4-5-14(21)10-15(11)24-19(26)17-12(2)16-18(25-6-8-27-9-7-25)22-13(3)23-20(16)28-17/h4-5,10H,6-9H2,1-3H3,(H,24,26). The van der Waals surface area contributed by atoms with Crippen LogP contribution < -0.4 is 10.2 Å². The van der Waals surface area contributed by atoms with Gasteiger partial charge in [-0.2, -0.15) is 0 Å². The number of fused-ring (bicyclic) bond motifs is 1. The fourth-order valence-electron chi connectivity index (χ4n) is 3.35. The number of halogens is 1. The molecule has 0 unspecified atom stereocenters. The van der Waals surface area contributed by atoms with E-state index in [1.807, 2.05) is 20.8 Å². The Morgan fingerprint density at radius 3 is 2.71 bits per heavy atom. The number of anilines is 2. The lowest BCUT2D eigenvalue weighted by molar-refractivity contribution is 0.103. The molecule has 146 valence electrons. The Labute approximate surface area is 166 Å². The van der Waals surface area contributed by atoms with Crippen LogP contribution in [-0.4, -0.2) is 42.2 Å². The molecule has 1 saturated heterocycles. The number of hydrogen-bond acceptors (Lipinski definition) is 6. The van der Waals surface area contributed by atoms with Crippen LogP contribution in [0.5, 0.6) is 0 Å². The first-order chi connectivity index (χ1) is 13.4. The van der Waals surface area contributed by atoms with Gasteiger partial charge in [-0.15, -0.1) is 11.3 Å². The van der Waals surface area contributed by atoms with Crippen LogP contribution in [0, 0.1) is 26.6 Å². The number of benzene rings is 1. The van der Waals surface area contributed by atoms with E-state index < -0.39 is 0 Å². The molecule has 8 heteroatoms. The molecule has 1 fully saturated rings. The lowest BCUT2D eigenvalue weighted by Crippen LogP contribution is -2.37. The minimum absolute atomic E-state index is 0.264. The minimum Gasteiger partial charge on any atom is -0.378 e. The van der Waals surface area contributed by atoms with Gasteiger partial charge in [-0.05, 0) is 44.0 Å². The number of nitrogens with zero attached hydrogens (tertiary/aromatic N) is 3. The summed E-state index contributed by atoms with van der Waals surface area (Å²) in [6.07, 6.45) is 0. The van der Waals surface area contributed by atoms with Crippen LogP contribution in [0.2, 0.25) is 0 Å². The maximum absolute atomic E-state index is 13.6. The van der Waals surface area contributed by atoms with Crippen molar-refractivity contribution in [1.29, 1.82) is 0 Å². The highest BCUT2D eigenvalue weighted by Crippen LogP contribution is 2.36. The SMILES string of the molecule is Cc1nc(N2CCOCC2)c2c(C)c(C(=O)Nc3cc(F)ccc3C)sc2n1. The normalized spacial score (nSPS) is 14.5. The zero-order valence-corrected chi connectivity index (χ0v) is 16.8. The molecule has 0 aliphatic carbocycles. The highest BCUT2D eigenvalue weighted by atomic mass is 32.1. The molecule has 0 atom stereocenters. The maximum Gasteiger partial charge on any atom is 0.266 e. The molecule has 2 aromatic heterocycles. The number of aryl methyl sites for hydroxylation is 3. The second-order valence-electron chi connectivity index (χ2n) is 6.84. The van der Waals surface area contributed by atoms with E-state index in [0.29, 0.717) is 29.6 Å². The molecule has 28 heavy (non-hydrogen) atoms. The van der Waals surface area contributed by atoms with E-state index in [0.717, 1.165) is 40.3 Å². The first-order valence-corrected chi connectivity index (χ1v) is 9.93. The smallest absolute Gasteiger partial charge is 0.266 e. The molecule has 4 rings (SSSR count). The van der Waals surface area contributed by atoms with Gasteiger partial charge in [0.05, 0.1) is 23.5 Å². The third-order valence-corrected chi connectivity index (χ3v) is 6.03. The fraction of sp³-hybridized carbons (Fsp3) is 0.350. The summed E-state index contributed by atoms with van der Waals surface area (Å²) in [5.74, 6) is 0.869. The quantitative estimate of drug-likeness (QED) is 0.723. The molecule has 3 heterocycles. The van der Waals surface area contributed by atoms with E-state index >= 15 is 0 Å². The van der Waals surface area contributed by atoms with Crippen molar-refractivity contribution >= 4 is 39.0 Å². The summed E-state index contributed by atoms with van der Waals surface area (Å²) < 4.78 is 19.0. The Balaban J connectivity index is 1.75. The molecule has 0 radical (unpaired) electrons. The maximum atomic E-state index is 13.6. The third-order valence-electron chi connectivity index (χ3n) is 4.85. The summed E-state index contributed by atoms with van der Waals surface area (Å²) in [4.78, 5) is 25.7. The van der Waals surface area contributed by atoms with E-state index in [9.17, 15) is 9.18 Å². The molecule has 1 aliphatic heterocycles. The number of hydrogen-bond donors (Lipinski definition) is 1. The average Bonchev–Trinajstić information content (AvgIpc) is 3.01. The van der Waals surface area contributed by atoms with Crippen molar-refractivity contribution in [3.63, 3.8) is 0 Å². The van der Waals surface area contributed by atoms with Crippen LogP contribution in [0.3, 0.4) is 0 Å². The predicted molar refractivity (Wildman–Crippen MR) is 109 cm³/mol. The zero-order valence-electron chi connectivity index (χ0n) is 16.0. The number of carbonyl (C=O) groups is 1. The molecule has 0 spiro atoms. The van der Waals surface area contributed by atoms with E-state index in [1.165, 1.54) is 23.5 Å². The van der Waals surface area contributed by atoms with Gasteiger partial charge in [-0.25, -0.2) is 14.4 Å². The summed E-state index contributed by atoms with van der Waals surface area (Å²) in [6.45, 7) is 8.41. The lowest BCUT2D eigenvalue weighted by atomic mass is 10.1. The van der Waals surface area contributed by atoms with Crippen molar-refractivity contribution in [2.24, 2.45) is 0 Å². The summed E-state index contributed by atoms with van der Waals surface area (Å²) >= 11 is 1.34. The van der Waals surface area contributed by atoms with Gasteiger partial charge in [-0.3, -0.25) is 4.79 Å². The van der Waals surface area contributed by atoms with E-state index in [4.69, 9.17) is 4.74 Å². The van der Waals surface area contributed by atoms with Gasteiger partial charge in [-0.1, -0.05) is 6.07 Å². The van der Waals surface area contributed by atoms with Crippen LogP contribution in [0.1, 0.15) is 26.6 Å². The predicted octanol–water partition coefficient (Wildman–Crippen LogP) is 3.84. The third kappa shape index (κ3) is 3.45. The summed E-state index contributed by atoms with van der Waals surface area (Å²) in [6, 6.07) is 4.36. The molecule has 1 amide bonds. The summed E-state index contributed by atoms with van der Waals surface area (Å²) in [5, 5.41) is 3.73. The number of aromatic nitrogens is 2. The Morgan fingerprint density at radius 2 is 1.96 bits per heavy atom. The number of morpholine rings is 1. The van der Waals surface area contributed by atoms with Crippen LogP contribution in [0.4, 0.5) is 15.9 Å². The van der Waals surface area contributed by atoms with E-state index in [1.54, 1.807) is 6.07 Å². The number of nitrogens with one attached hydrogen (secondary N) is 1. The van der Waals surface area contributed by atoms with Crippen LogP contribution >= 0.6 is 11.3 Å². The first-order valence-electron chi connectivity index (χ1n) is 9.12. The Bertz CT molecular complexity index is 1060. The van der Waals surface area contributed by atoms with Gasteiger partial charge in [0.2, 0.25) is 0 Å². The van der Waals surface area contributed by atoms with Gasteiger partial charge in [0.15, 0.2) is 0 Å². The minimum atomic E-state index is -0.384. The number of carbonyl (C=O) groups excluding carboxylic acids is 1. The van der Waals surface area contributed by atoms with E-state index in [2.05, 4.69) is 20.2 Å². The number of thiophene rings is 1. The summed E-state index contributed by atoms with van der Waals surface area (Å²) in [5.41, 5.74) is 2.11. The molecule has 6 nitrogen and oxygen atoms in total. The largest absolute Gasteiger partial charge is 0.378 e. The van der Waals surface area contributed by atoms with Crippen LogP contribution in [-0.2, 0) is 4.74 Å². The number of rotatable bonds is 3. The van der Waals surface area contributed by atoms with Crippen molar-refractivity contribution in [3.8, 4) is 0 Å². The Morgan fingerprint density at radius 1 is 1.21 bits per heavy atom. The molecule has 0 saturated carbocycles. The molecule has 0 bridgehead atoms. The van der Waals surface area contributed by atoms with Crippen LogP contribution in [0.25, 0.3) is 10.2 Å².